The van der Waals surface area contributed by atoms with E-state index in [2.05, 4.69) is 44.9 Å². The summed E-state index contributed by atoms with van der Waals surface area (Å²) < 4.78 is 2.35. The number of benzene rings is 2. The van der Waals surface area contributed by atoms with Crippen molar-refractivity contribution in [1.82, 2.24) is 14.5 Å². The maximum Gasteiger partial charge on any atom is 0.0501 e. The zero-order valence-corrected chi connectivity index (χ0v) is 19.6. The molecule has 1 saturated heterocycles. The van der Waals surface area contributed by atoms with Crippen molar-refractivity contribution in [2.75, 3.05) is 19.6 Å². The molecule has 3 nitrogen and oxygen atoms in total. The van der Waals surface area contributed by atoms with Crippen molar-refractivity contribution < 1.29 is 0 Å². The summed E-state index contributed by atoms with van der Waals surface area (Å²) >= 11 is 12.6. The highest BCUT2D eigenvalue weighted by Crippen LogP contribution is 2.34. The van der Waals surface area contributed by atoms with Crippen LogP contribution >= 0.6 is 23.2 Å². The van der Waals surface area contributed by atoms with Gasteiger partial charge in [0, 0.05) is 57.3 Å². The van der Waals surface area contributed by atoms with Crippen LogP contribution < -0.4 is 0 Å². The number of hydrogen-bond donors (Lipinski definition) is 0. The molecule has 3 heterocycles. The van der Waals surface area contributed by atoms with Gasteiger partial charge in [-0.05, 0) is 74.8 Å². The molecule has 164 valence electrons. The van der Waals surface area contributed by atoms with Gasteiger partial charge >= 0.3 is 0 Å². The lowest BCUT2D eigenvalue weighted by atomic mass is 10.0. The molecule has 0 saturated carbocycles. The van der Waals surface area contributed by atoms with Crippen molar-refractivity contribution in [3.05, 3.63) is 77.2 Å². The molecule has 0 aliphatic carbocycles. The number of fused-ring (bicyclic) bond motifs is 1. The number of rotatable bonds is 6. The van der Waals surface area contributed by atoms with Gasteiger partial charge in [0.2, 0.25) is 0 Å². The Morgan fingerprint density at radius 2 is 1.59 bits per heavy atom. The number of likely N-dealkylation sites (tertiary alicyclic amines) is 1. The van der Waals surface area contributed by atoms with Gasteiger partial charge < -0.3 is 9.47 Å². The molecule has 0 unspecified atom stereocenters. The molecule has 0 N–H and O–H groups in total. The van der Waals surface area contributed by atoms with E-state index in [4.69, 9.17) is 23.2 Å². The second-order valence-corrected chi connectivity index (χ2v) is 9.50. The van der Waals surface area contributed by atoms with Gasteiger partial charge in [0.05, 0.1) is 5.52 Å². The van der Waals surface area contributed by atoms with Crippen molar-refractivity contribution in [3.8, 4) is 22.3 Å². The molecule has 4 aromatic rings. The summed E-state index contributed by atoms with van der Waals surface area (Å²) in [7, 11) is 0. The lowest BCUT2D eigenvalue weighted by Crippen LogP contribution is -2.31. The summed E-state index contributed by atoms with van der Waals surface area (Å²) in [5.41, 5.74) is 5.60. The fourth-order valence-corrected chi connectivity index (χ4v) is 5.10. The molecule has 1 fully saturated rings. The van der Waals surface area contributed by atoms with Crippen LogP contribution in [0, 0.1) is 0 Å². The number of piperidine rings is 1. The molecular formula is C27H27Cl2N3. The third kappa shape index (κ3) is 4.71. The molecule has 0 atom stereocenters. The van der Waals surface area contributed by atoms with E-state index >= 15 is 0 Å². The van der Waals surface area contributed by atoms with Crippen molar-refractivity contribution in [3.63, 3.8) is 0 Å². The van der Waals surface area contributed by atoms with Gasteiger partial charge in [0.1, 0.15) is 0 Å². The highest BCUT2D eigenvalue weighted by Gasteiger charge is 2.14. The van der Waals surface area contributed by atoms with E-state index in [1.54, 1.807) is 0 Å². The minimum atomic E-state index is 0.729. The lowest BCUT2D eigenvalue weighted by Gasteiger charge is -2.26. The minimum absolute atomic E-state index is 0.729. The Labute approximate surface area is 199 Å². The van der Waals surface area contributed by atoms with Crippen LogP contribution in [0.3, 0.4) is 0 Å². The number of aryl methyl sites for hydroxylation is 1. The fourth-order valence-electron chi connectivity index (χ4n) is 4.74. The van der Waals surface area contributed by atoms with E-state index in [0.717, 1.165) is 46.2 Å². The monoisotopic (exact) mass is 463 g/mol. The van der Waals surface area contributed by atoms with E-state index in [1.807, 2.05) is 36.7 Å². The molecule has 0 spiro atoms. The molecule has 0 bridgehead atoms. The van der Waals surface area contributed by atoms with Gasteiger partial charge in [-0.2, -0.15) is 0 Å². The Bertz CT molecular complexity index is 1220. The normalized spacial score (nSPS) is 14.8. The topological polar surface area (TPSA) is 21.1 Å². The van der Waals surface area contributed by atoms with Crippen LogP contribution in [0.25, 0.3) is 33.2 Å². The average Bonchev–Trinajstić information content (AvgIpc) is 3.17. The van der Waals surface area contributed by atoms with Crippen molar-refractivity contribution >= 4 is 34.1 Å². The predicted molar refractivity (Wildman–Crippen MR) is 136 cm³/mol. The van der Waals surface area contributed by atoms with Crippen LogP contribution in [-0.4, -0.2) is 34.1 Å². The zero-order valence-electron chi connectivity index (χ0n) is 18.1. The fraction of sp³-hybridized carbons (Fsp3) is 0.296. The summed E-state index contributed by atoms with van der Waals surface area (Å²) in [5, 5.41) is 2.70. The average molecular weight is 464 g/mol. The van der Waals surface area contributed by atoms with Crippen LogP contribution in [0.5, 0.6) is 0 Å². The molecule has 2 aromatic heterocycles. The van der Waals surface area contributed by atoms with Gasteiger partial charge in [0.25, 0.3) is 0 Å². The summed E-state index contributed by atoms with van der Waals surface area (Å²) in [6, 6.07) is 16.3. The Balaban J connectivity index is 1.46. The third-order valence-corrected chi connectivity index (χ3v) is 6.84. The van der Waals surface area contributed by atoms with Crippen molar-refractivity contribution in [2.45, 2.75) is 32.2 Å². The molecule has 0 radical (unpaired) electrons. The highest BCUT2D eigenvalue weighted by atomic mass is 35.5. The van der Waals surface area contributed by atoms with E-state index in [9.17, 15) is 0 Å². The molecule has 2 aromatic carbocycles. The number of aromatic nitrogens is 2. The third-order valence-electron chi connectivity index (χ3n) is 6.37. The number of pyridine rings is 1. The summed E-state index contributed by atoms with van der Waals surface area (Å²) in [6.07, 6.45) is 11.3. The molecular weight excluding hydrogens is 437 g/mol. The predicted octanol–water partition coefficient (Wildman–Crippen LogP) is 7.55. The van der Waals surface area contributed by atoms with Crippen LogP contribution in [0.1, 0.15) is 25.7 Å². The van der Waals surface area contributed by atoms with Crippen LogP contribution in [-0.2, 0) is 6.54 Å². The highest BCUT2D eigenvalue weighted by molar-refractivity contribution is 6.31. The van der Waals surface area contributed by atoms with Crippen LogP contribution in [0.2, 0.25) is 10.0 Å². The Kier molecular flexibility index (Phi) is 6.49. The van der Waals surface area contributed by atoms with Gasteiger partial charge in [0.15, 0.2) is 0 Å². The maximum absolute atomic E-state index is 6.38. The van der Waals surface area contributed by atoms with Crippen LogP contribution in [0.4, 0.5) is 0 Å². The van der Waals surface area contributed by atoms with E-state index < -0.39 is 0 Å². The largest absolute Gasteiger partial charge is 0.347 e. The summed E-state index contributed by atoms with van der Waals surface area (Å²) in [5.74, 6) is 0. The molecule has 1 aliphatic rings. The summed E-state index contributed by atoms with van der Waals surface area (Å²) in [6.45, 7) is 4.62. The Morgan fingerprint density at radius 1 is 0.781 bits per heavy atom. The SMILES string of the molecule is Clc1cccc(-c2cncc(-c3cn(CCCN4CCCCC4)c4cc(Cl)ccc34)c2)c1. The first-order chi connectivity index (χ1) is 15.7. The van der Waals surface area contributed by atoms with Gasteiger partial charge in [-0.25, -0.2) is 0 Å². The van der Waals surface area contributed by atoms with Gasteiger partial charge in [-0.1, -0.05) is 47.8 Å². The molecule has 5 heteroatoms. The van der Waals surface area contributed by atoms with Gasteiger partial charge in [-0.3, -0.25) is 4.98 Å². The molecule has 0 amide bonds. The number of halogens is 2. The number of nitrogens with zero attached hydrogens (tertiary/aromatic N) is 3. The molecule has 32 heavy (non-hydrogen) atoms. The zero-order chi connectivity index (χ0) is 21.9. The Hall–Kier alpha value is -2.33. The Morgan fingerprint density at radius 3 is 2.44 bits per heavy atom. The first-order valence-corrected chi connectivity index (χ1v) is 12.1. The minimum Gasteiger partial charge on any atom is -0.347 e. The summed E-state index contributed by atoms with van der Waals surface area (Å²) in [4.78, 5) is 7.14. The first-order valence-electron chi connectivity index (χ1n) is 11.4. The standard InChI is InChI=1S/C27H27Cl2N3/c28-23-7-4-6-20(15-23)21-14-22(18-30-17-21)26-19-32(27-16-24(29)8-9-25(26)27)13-5-12-31-10-2-1-3-11-31/h4,6-9,14-19H,1-3,5,10-13H2. The van der Waals surface area contributed by atoms with Gasteiger partial charge in [-0.15, -0.1) is 0 Å². The number of hydrogen-bond acceptors (Lipinski definition) is 2. The van der Waals surface area contributed by atoms with E-state index in [1.165, 1.54) is 48.8 Å². The van der Waals surface area contributed by atoms with Crippen LogP contribution in [0.15, 0.2) is 67.1 Å². The quantitative estimate of drug-likeness (QED) is 0.294. The first kappa shape index (κ1) is 21.5. The van der Waals surface area contributed by atoms with Crippen molar-refractivity contribution in [1.29, 1.82) is 0 Å². The second-order valence-electron chi connectivity index (χ2n) is 8.63. The van der Waals surface area contributed by atoms with E-state index in [-0.39, 0.29) is 0 Å². The lowest BCUT2D eigenvalue weighted by molar-refractivity contribution is 0.223. The second kappa shape index (κ2) is 9.66. The van der Waals surface area contributed by atoms with Crippen molar-refractivity contribution in [2.24, 2.45) is 0 Å². The maximum atomic E-state index is 6.38. The van der Waals surface area contributed by atoms with E-state index in [0.29, 0.717) is 0 Å². The molecule has 5 rings (SSSR count). The molecule has 1 aliphatic heterocycles. The smallest absolute Gasteiger partial charge is 0.0501 e.